The fraction of sp³-hybridized carbons (Fsp3) is 0.238. The van der Waals surface area contributed by atoms with E-state index in [0.717, 1.165) is 41.7 Å². The molecule has 1 aliphatic heterocycles. The molecule has 1 saturated heterocycles. The number of rotatable bonds is 3. The van der Waals surface area contributed by atoms with Crippen molar-refractivity contribution in [3.05, 3.63) is 65.8 Å². The van der Waals surface area contributed by atoms with Gasteiger partial charge in [0, 0.05) is 41.1 Å². The van der Waals surface area contributed by atoms with Crippen molar-refractivity contribution >= 4 is 39.8 Å². The van der Waals surface area contributed by atoms with Gasteiger partial charge >= 0.3 is 0 Å². The second-order valence-corrected chi connectivity index (χ2v) is 7.07. The van der Waals surface area contributed by atoms with Gasteiger partial charge in [-0.2, -0.15) is 0 Å². The summed E-state index contributed by atoms with van der Waals surface area (Å²) >= 11 is 6.09. The first-order valence-corrected chi connectivity index (χ1v) is 9.23. The first kappa shape index (κ1) is 16.9. The third-order valence-corrected chi connectivity index (χ3v) is 5.09. The van der Waals surface area contributed by atoms with Crippen LogP contribution in [0.5, 0.6) is 0 Å². The smallest absolute Gasteiger partial charge is 0.229 e. The molecule has 2 heterocycles. The summed E-state index contributed by atoms with van der Waals surface area (Å²) in [5, 5.41) is 4.78. The van der Waals surface area contributed by atoms with Crippen LogP contribution in [0.3, 0.4) is 0 Å². The zero-order chi connectivity index (χ0) is 17.9. The molecule has 3 aromatic rings. The van der Waals surface area contributed by atoms with Gasteiger partial charge in [-0.3, -0.25) is 9.78 Å². The number of carbonyl (C=O) groups is 1. The van der Waals surface area contributed by atoms with Gasteiger partial charge in [0.1, 0.15) is 0 Å². The minimum Gasteiger partial charge on any atom is -0.370 e. The summed E-state index contributed by atoms with van der Waals surface area (Å²) in [6.07, 6.45) is 3.70. The summed E-state index contributed by atoms with van der Waals surface area (Å²) in [5.41, 5.74) is 2.84. The molecule has 0 unspecified atom stereocenters. The molecule has 2 aromatic carbocycles. The lowest BCUT2D eigenvalue weighted by Crippen LogP contribution is -2.40. The molecule has 1 aromatic heterocycles. The Labute approximate surface area is 157 Å². The Morgan fingerprint density at radius 1 is 1.15 bits per heavy atom. The second kappa shape index (κ2) is 7.34. The highest BCUT2D eigenvalue weighted by Gasteiger charge is 2.26. The fourth-order valence-corrected chi connectivity index (χ4v) is 3.72. The molecule has 4 nitrogen and oxygen atoms in total. The SMILES string of the molecule is O=C(Nc1ccccc1)[C@@H]1CCCN(c2ccnc3cc(Cl)ccc23)C1. The van der Waals surface area contributed by atoms with E-state index in [4.69, 9.17) is 11.6 Å². The lowest BCUT2D eigenvalue weighted by Gasteiger charge is -2.34. The van der Waals surface area contributed by atoms with E-state index in [-0.39, 0.29) is 11.8 Å². The van der Waals surface area contributed by atoms with Gasteiger partial charge in [0.15, 0.2) is 0 Å². The molecule has 1 atom stereocenters. The highest BCUT2D eigenvalue weighted by atomic mass is 35.5. The molecule has 1 aliphatic rings. The van der Waals surface area contributed by atoms with E-state index in [2.05, 4.69) is 15.2 Å². The maximum atomic E-state index is 12.7. The number of pyridine rings is 1. The van der Waals surface area contributed by atoms with Gasteiger partial charge in [-0.1, -0.05) is 29.8 Å². The van der Waals surface area contributed by atoms with E-state index < -0.39 is 0 Å². The molecule has 0 aliphatic carbocycles. The Morgan fingerprint density at radius 3 is 2.85 bits per heavy atom. The first-order valence-electron chi connectivity index (χ1n) is 8.86. The maximum Gasteiger partial charge on any atom is 0.229 e. The van der Waals surface area contributed by atoms with Crippen molar-refractivity contribution in [2.45, 2.75) is 12.8 Å². The average molecular weight is 366 g/mol. The van der Waals surface area contributed by atoms with Gasteiger partial charge in [0.05, 0.1) is 11.4 Å². The summed E-state index contributed by atoms with van der Waals surface area (Å²) in [5.74, 6) is 0.0572. The van der Waals surface area contributed by atoms with Gasteiger partial charge in [0.2, 0.25) is 5.91 Å². The number of nitrogens with one attached hydrogen (secondary N) is 1. The van der Waals surface area contributed by atoms with Gasteiger partial charge < -0.3 is 10.2 Å². The van der Waals surface area contributed by atoms with Crippen LogP contribution in [0.2, 0.25) is 5.02 Å². The topological polar surface area (TPSA) is 45.2 Å². The van der Waals surface area contributed by atoms with Gasteiger partial charge in [0.25, 0.3) is 0 Å². The summed E-state index contributed by atoms with van der Waals surface area (Å²) in [4.78, 5) is 19.4. The normalized spacial score (nSPS) is 17.3. The van der Waals surface area contributed by atoms with Crippen LogP contribution in [0, 0.1) is 5.92 Å². The Bertz CT molecular complexity index is 929. The minimum absolute atomic E-state index is 0.0283. The number of halogens is 1. The van der Waals surface area contributed by atoms with Crippen LogP contribution in [0.1, 0.15) is 12.8 Å². The molecule has 132 valence electrons. The van der Waals surface area contributed by atoms with Crippen molar-refractivity contribution in [3.63, 3.8) is 0 Å². The molecule has 26 heavy (non-hydrogen) atoms. The third-order valence-electron chi connectivity index (χ3n) is 4.86. The van der Waals surface area contributed by atoms with Crippen molar-refractivity contribution in [2.75, 3.05) is 23.3 Å². The highest BCUT2D eigenvalue weighted by molar-refractivity contribution is 6.31. The number of anilines is 2. The zero-order valence-electron chi connectivity index (χ0n) is 14.4. The predicted octanol–water partition coefficient (Wildman–Crippen LogP) is 4.74. The van der Waals surface area contributed by atoms with Crippen LogP contribution < -0.4 is 10.2 Å². The number of aromatic nitrogens is 1. The Kier molecular flexibility index (Phi) is 4.76. The maximum absolute atomic E-state index is 12.7. The number of nitrogens with zero attached hydrogens (tertiary/aromatic N) is 2. The molecular formula is C21H20ClN3O. The Morgan fingerprint density at radius 2 is 2.00 bits per heavy atom. The molecule has 0 bridgehead atoms. The molecular weight excluding hydrogens is 346 g/mol. The molecule has 1 amide bonds. The van der Waals surface area contributed by atoms with Crippen molar-refractivity contribution in [2.24, 2.45) is 5.92 Å². The predicted molar refractivity (Wildman–Crippen MR) is 107 cm³/mol. The van der Waals surface area contributed by atoms with E-state index in [1.807, 2.05) is 60.8 Å². The van der Waals surface area contributed by atoms with Gasteiger partial charge in [-0.15, -0.1) is 0 Å². The number of benzene rings is 2. The van der Waals surface area contributed by atoms with Crippen molar-refractivity contribution in [3.8, 4) is 0 Å². The largest absolute Gasteiger partial charge is 0.370 e. The van der Waals surface area contributed by atoms with E-state index >= 15 is 0 Å². The van der Waals surface area contributed by atoms with Crippen LogP contribution in [0.15, 0.2) is 60.8 Å². The number of amides is 1. The number of para-hydroxylation sites is 1. The van der Waals surface area contributed by atoms with Gasteiger partial charge in [-0.25, -0.2) is 0 Å². The molecule has 5 heteroatoms. The summed E-state index contributed by atoms with van der Waals surface area (Å²) < 4.78 is 0. The highest BCUT2D eigenvalue weighted by Crippen LogP contribution is 2.31. The number of carbonyl (C=O) groups excluding carboxylic acids is 1. The van der Waals surface area contributed by atoms with Crippen molar-refractivity contribution in [1.29, 1.82) is 0 Å². The van der Waals surface area contributed by atoms with Crippen LogP contribution >= 0.6 is 11.6 Å². The standard InChI is InChI=1S/C21H20ClN3O/c22-16-8-9-18-19(13-16)23-11-10-20(18)25-12-4-5-15(14-25)21(26)24-17-6-2-1-3-7-17/h1-3,6-11,13,15H,4-5,12,14H2,(H,24,26)/t15-/m1/s1. The van der Waals surface area contributed by atoms with E-state index in [1.54, 1.807) is 0 Å². The third kappa shape index (κ3) is 3.51. The van der Waals surface area contributed by atoms with Crippen LogP contribution in [-0.2, 0) is 4.79 Å². The Balaban J connectivity index is 1.55. The molecule has 0 spiro atoms. The molecule has 0 saturated carbocycles. The number of piperidine rings is 1. The fourth-order valence-electron chi connectivity index (χ4n) is 3.56. The minimum atomic E-state index is -0.0283. The van der Waals surface area contributed by atoms with Crippen molar-refractivity contribution < 1.29 is 4.79 Å². The Hall–Kier alpha value is -2.59. The molecule has 1 fully saturated rings. The molecule has 4 rings (SSSR count). The first-order chi connectivity index (χ1) is 12.7. The van der Waals surface area contributed by atoms with Crippen molar-refractivity contribution in [1.82, 2.24) is 4.98 Å². The summed E-state index contributed by atoms with van der Waals surface area (Å²) in [6, 6.07) is 17.4. The average Bonchev–Trinajstić information content (AvgIpc) is 2.68. The van der Waals surface area contributed by atoms with E-state index in [9.17, 15) is 4.79 Å². The van der Waals surface area contributed by atoms with E-state index in [0.29, 0.717) is 11.6 Å². The lowest BCUT2D eigenvalue weighted by molar-refractivity contribution is -0.120. The monoisotopic (exact) mass is 365 g/mol. The quantitative estimate of drug-likeness (QED) is 0.728. The van der Waals surface area contributed by atoms with Gasteiger partial charge in [-0.05, 0) is 49.2 Å². The second-order valence-electron chi connectivity index (χ2n) is 6.63. The summed E-state index contributed by atoms with van der Waals surface area (Å²) in [7, 11) is 0. The number of fused-ring (bicyclic) bond motifs is 1. The van der Waals surface area contributed by atoms with Crippen LogP contribution in [0.25, 0.3) is 10.9 Å². The van der Waals surface area contributed by atoms with Crippen LogP contribution in [-0.4, -0.2) is 24.0 Å². The molecule has 0 radical (unpaired) electrons. The number of hydrogen-bond acceptors (Lipinski definition) is 3. The lowest BCUT2D eigenvalue weighted by atomic mass is 9.96. The summed E-state index contributed by atoms with van der Waals surface area (Å²) in [6.45, 7) is 1.65. The molecule has 1 N–H and O–H groups in total. The van der Waals surface area contributed by atoms with E-state index in [1.165, 1.54) is 0 Å². The zero-order valence-corrected chi connectivity index (χ0v) is 15.1. The van der Waals surface area contributed by atoms with Crippen LogP contribution in [0.4, 0.5) is 11.4 Å². The number of hydrogen-bond donors (Lipinski definition) is 1.